The fourth-order valence-electron chi connectivity index (χ4n) is 5.85. The summed E-state index contributed by atoms with van der Waals surface area (Å²) in [5.41, 5.74) is 5.78. The van der Waals surface area contributed by atoms with E-state index in [1.54, 1.807) is 0 Å². The average Bonchev–Trinajstić information content (AvgIpc) is 3.43. The third-order valence-electron chi connectivity index (χ3n) is 7.54. The summed E-state index contributed by atoms with van der Waals surface area (Å²) in [5.74, 6) is 0. The van der Waals surface area contributed by atoms with Gasteiger partial charge in [0.05, 0.1) is 5.48 Å². The van der Waals surface area contributed by atoms with Crippen molar-refractivity contribution in [1.82, 2.24) is 0 Å². The first-order valence-corrected chi connectivity index (χ1v) is 13.0. The van der Waals surface area contributed by atoms with Gasteiger partial charge in [-0.3, -0.25) is 0 Å². The summed E-state index contributed by atoms with van der Waals surface area (Å²) in [6.45, 7) is 0. The molecule has 0 aliphatic heterocycles. The zero-order valence-electron chi connectivity index (χ0n) is 25.0. The molecule has 0 fully saturated rings. The molecule has 0 aliphatic carbocycles. The third kappa shape index (κ3) is 3.41. The highest BCUT2D eigenvalue weighted by molar-refractivity contribution is 6.24. The van der Waals surface area contributed by atoms with Gasteiger partial charge in [0.1, 0.15) is 11.2 Å². The van der Waals surface area contributed by atoms with Crippen LogP contribution in [0.4, 0.5) is 0 Å². The third-order valence-corrected chi connectivity index (χ3v) is 7.54. The second-order valence-corrected chi connectivity index (χ2v) is 9.74. The van der Waals surface area contributed by atoms with Crippen LogP contribution in [-0.4, -0.2) is 0 Å². The SMILES string of the molecule is [2H]c1c([2H])c(-c2ccccc2)c([2H])c(-c2c3ccccc3c(-c3cccc4c3oc3ccccc34)c3ccccc23)c1[2H]. The van der Waals surface area contributed by atoms with Crippen LogP contribution in [0.1, 0.15) is 5.48 Å². The fraction of sp³-hybridized carbons (Fsp3) is 0. The first-order chi connectivity index (χ1) is 21.0. The molecule has 8 rings (SSSR count). The molecule has 0 aliphatic rings. The molecule has 0 unspecified atom stereocenters. The van der Waals surface area contributed by atoms with Crippen molar-refractivity contribution in [2.24, 2.45) is 0 Å². The molecule has 0 spiro atoms. The number of furan rings is 1. The van der Waals surface area contributed by atoms with Crippen molar-refractivity contribution >= 4 is 43.5 Å². The van der Waals surface area contributed by atoms with Gasteiger partial charge in [-0.25, -0.2) is 0 Å². The standard InChI is InChI=1S/C38H24O/c1-2-12-25(13-3-1)26-14-10-15-27(24-26)36-29-17-4-6-19-31(29)37(32-20-7-5-18-30(32)36)34-22-11-21-33-28-16-8-9-23-35(28)39-38(33)34/h1-24H/i10D,14D,15D,24D. The number of benzene rings is 7. The summed E-state index contributed by atoms with van der Waals surface area (Å²) in [5, 5.41) is 5.79. The summed E-state index contributed by atoms with van der Waals surface area (Å²) in [7, 11) is 0. The van der Waals surface area contributed by atoms with Gasteiger partial charge in [0.2, 0.25) is 0 Å². The Morgan fingerprint density at radius 3 is 1.72 bits per heavy atom. The van der Waals surface area contributed by atoms with E-state index >= 15 is 0 Å². The van der Waals surface area contributed by atoms with Crippen LogP contribution >= 0.6 is 0 Å². The van der Waals surface area contributed by atoms with E-state index in [1.807, 2.05) is 84.9 Å². The van der Waals surface area contributed by atoms with Gasteiger partial charge in [-0.05, 0) is 55.9 Å². The number of para-hydroxylation sites is 2. The molecule has 0 saturated carbocycles. The lowest BCUT2D eigenvalue weighted by atomic mass is 9.85. The first kappa shape index (κ1) is 18.2. The summed E-state index contributed by atoms with van der Waals surface area (Å²) >= 11 is 0. The lowest BCUT2D eigenvalue weighted by Gasteiger charge is -2.18. The molecule has 0 atom stereocenters. The van der Waals surface area contributed by atoms with Crippen LogP contribution < -0.4 is 0 Å². The molecule has 1 nitrogen and oxygen atoms in total. The van der Waals surface area contributed by atoms with Crippen molar-refractivity contribution in [3.8, 4) is 33.4 Å². The van der Waals surface area contributed by atoms with E-state index in [2.05, 4.69) is 36.4 Å². The van der Waals surface area contributed by atoms with Crippen LogP contribution in [0, 0.1) is 0 Å². The maximum absolute atomic E-state index is 9.40. The summed E-state index contributed by atoms with van der Waals surface area (Å²) in [6.07, 6.45) is 0. The van der Waals surface area contributed by atoms with Gasteiger partial charge >= 0.3 is 0 Å². The van der Waals surface area contributed by atoms with Crippen molar-refractivity contribution in [3.63, 3.8) is 0 Å². The maximum atomic E-state index is 9.40. The molecule has 0 saturated heterocycles. The summed E-state index contributed by atoms with van der Waals surface area (Å²) < 4.78 is 42.5. The molecular weight excluding hydrogens is 472 g/mol. The van der Waals surface area contributed by atoms with E-state index in [9.17, 15) is 1.37 Å². The zero-order chi connectivity index (χ0) is 29.2. The van der Waals surface area contributed by atoms with Gasteiger partial charge < -0.3 is 4.42 Å². The minimum Gasteiger partial charge on any atom is -0.455 e. The molecule has 0 bridgehead atoms. The molecule has 1 aromatic heterocycles. The minimum atomic E-state index is -0.186. The quantitative estimate of drug-likeness (QED) is 0.220. The van der Waals surface area contributed by atoms with Crippen LogP contribution in [0.25, 0.3) is 76.9 Å². The van der Waals surface area contributed by atoms with Gasteiger partial charge in [-0.2, -0.15) is 0 Å². The Morgan fingerprint density at radius 1 is 0.436 bits per heavy atom. The van der Waals surface area contributed by atoms with Crippen LogP contribution in [-0.2, 0) is 0 Å². The molecule has 0 N–H and O–H groups in total. The Kier molecular flexibility index (Phi) is 4.06. The van der Waals surface area contributed by atoms with Crippen LogP contribution in [0.15, 0.2) is 150 Å². The Hall–Kier alpha value is -5.14. The molecular formula is C38H24O. The normalized spacial score (nSPS) is 13.0. The van der Waals surface area contributed by atoms with E-state index in [0.717, 1.165) is 60.2 Å². The van der Waals surface area contributed by atoms with E-state index in [-0.39, 0.29) is 24.2 Å². The van der Waals surface area contributed by atoms with Crippen molar-refractivity contribution in [3.05, 3.63) is 145 Å². The second kappa shape index (κ2) is 8.72. The molecule has 1 heteroatoms. The summed E-state index contributed by atoms with van der Waals surface area (Å²) in [4.78, 5) is 0. The lowest BCUT2D eigenvalue weighted by molar-refractivity contribution is 0.670. The largest absolute Gasteiger partial charge is 0.455 e. The van der Waals surface area contributed by atoms with E-state index in [4.69, 9.17) is 8.53 Å². The van der Waals surface area contributed by atoms with Gasteiger partial charge in [0, 0.05) is 21.9 Å². The topological polar surface area (TPSA) is 13.1 Å². The highest BCUT2D eigenvalue weighted by Crippen LogP contribution is 2.46. The average molecular weight is 501 g/mol. The van der Waals surface area contributed by atoms with E-state index in [1.165, 1.54) is 0 Å². The Balaban J connectivity index is 1.54. The smallest absolute Gasteiger partial charge is 0.143 e. The Bertz CT molecular complexity index is 2330. The van der Waals surface area contributed by atoms with Gasteiger partial charge in [-0.15, -0.1) is 0 Å². The number of hydrogen-bond donors (Lipinski definition) is 0. The number of hydrogen-bond acceptors (Lipinski definition) is 1. The predicted molar refractivity (Wildman–Crippen MR) is 165 cm³/mol. The van der Waals surface area contributed by atoms with Gasteiger partial charge in [-0.1, -0.05) is 133 Å². The highest BCUT2D eigenvalue weighted by Gasteiger charge is 2.20. The molecule has 7 aromatic carbocycles. The Morgan fingerprint density at radius 2 is 1.00 bits per heavy atom. The Labute approximate surface area is 232 Å². The number of rotatable bonds is 3. The summed E-state index contributed by atoms with van der Waals surface area (Å²) in [6, 6.07) is 39.5. The monoisotopic (exact) mass is 500 g/mol. The van der Waals surface area contributed by atoms with E-state index < -0.39 is 0 Å². The highest BCUT2D eigenvalue weighted by atomic mass is 16.3. The van der Waals surface area contributed by atoms with Gasteiger partial charge in [0.25, 0.3) is 0 Å². The number of fused-ring (bicyclic) bond motifs is 5. The van der Waals surface area contributed by atoms with Crippen molar-refractivity contribution in [2.75, 3.05) is 0 Å². The van der Waals surface area contributed by atoms with Crippen LogP contribution in [0.3, 0.4) is 0 Å². The van der Waals surface area contributed by atoms with Crippen molar-refractivity contribution < 1.29 is 9.90 Å². The molecule has 182 valence electrons. The predicted octanol–water partition coefficient (Wildman–Crippen LogP) is 10.9. The van der Waals surface area contributed by atoms with Crippen LogP contribution in [0.5, 0.6) is 0 Å². The molecule has 0 radical (unpaired) electrons. The lowest BCUT2D eigenvalue weighted by Crippen LogP contribution is -1.91. The fourth-order valence-corrected chi connectivity index (χ4v) is 5.85. The minimum absolute atomic E-state index is 0.0830. The molecule has 39 heavy (non-hydrogen) atoms. The van der Waals surface area contributed by atoms with Crippen molar-refractivity contribution in [1.29, 1.82) is 0 Å². The van der Waals surface area contributed by atoms with Crippen LogP contribution in [0.2, 0.25) is 0 Å². The maximum Gasteiger partial charge on any atom is 0.143 e. The molecule has 1 heterocycles. The molecule has 8 aromatic rings. The van der Waals surface area contributed by atoms with E-state index in [0.29, 0.717) is 16.7 Å². The first-order valence-electron chi connectivity index (χ1n) is 15.0. The molecule has 0 amide bonds. The van der Waals surface area contributed by atoms with Gasteiger partial charge in [0.15, 0.2) is 0 Å². The second-order valence-electron chi connectivity index (χ2n) is 9.74. The van der Waals surface area contributed by atoms with Crippen molar-refractivity contribution in [2.45, 2.75) is 0 Å². The zero-order valence-corrected chi connectivity index (χ0v) is 21.0.